The molecule has 0 radical (unpaired) electrons. The standard InChI is InChI=1S/C10H17N5S/c1-6(9(11)16)5-15(4)10-12-7(2)8(3)13-14-10/h6H,5H2,1-4H3,(H2,11,16). The zero-order valence-corrected chi connectivity index (χ0v) is 10.9. The molecule has 0 aliphatic rings. The van der Waals surface area contributed by atoms with Gasteiger partial charge in [0, 0.05) is 19.5 Å². The van der Waals surface area contributed by atoms with Crippen molar-refractivity contribution < 1.29 is 0 Å². The Morgan fingerprint density at radius 3 is 2.50 bits per heavy atom. The molecule has 0 saturated carbocycles. The van der Waals surface area contributed by atoms with Crippen LogP contribution in [0.1, 0.15) is 18.3 Å². The highest BCUT2D eigenvalue weighted by Gasteiger charge is 2.12. The van der Waals surface area contributed by atoms with E-state index in [0.29, 0.717) is 17.5 Å². The summed E-state index contributed by atoms with van der Waals surface area (Å²) in [6, 6.07) is 0. The Morgan fingerprint density at radius 1 is 1.38 bits per heavy atom. The molecular formula is C10H17N5S. The number of hydrogen-bond donors (Lipinski definition) is 1. The van der Waals surface area contributed by atoms with Gasteiger partial charge >= 0.3 is 0 Å². The summed E-state index contributed by atoms with van der Waals surface area (Å²) < 4.78 is 0. The Labute approximate surface area is 101 Å². The predicted molar refractivity (Wildman–Crippen MR) is 68.5 cm³/mol. The summed E-state index contributed by atoms with van der Waals surface area (Å²) >= 11 is 4.93. The molecule has 1 aromatic rings. The van der Waals surface area contributed by atoms with Crippen molar-refractivity contribution in [3.8, 4) is 0 Å². The topological polar surface area (TPSA) is 67.9 Å². The van der Waals surface area contributed by atoms with E-state index in [-0.39, 0.29) is 5.92 Å². The molecule has 0 amide bonds. The second-order valence-corrected chi connectivity index (χ2v) is 4.44. The van der Waals surface area contributed by atoms with Crippen molar-refractivity contribution in [3.05, 3.63) is 11.4 Å². The SMILES string of the molecule is Cc1nnc(N(C)CC(C)C(N)=S)nc1C. The number of aromatic nitrogens is 3. The van der Waals surface area contributed by atoms with Gasteiger partial charge in [0.1, 0.15) is 0 Å². The Balaban J connectivity index is 2.76. The van der Waals surface area contributed by atoms with Gasteiger partial charge in [-0.2, -0.15) is 5.10 Å². The largest absolute Gasteiger partial charge is 0.393 e. The maximum absolute atomic E-state index is 5.56. The third kappa shape index (κ3) is 3.10. The van der Waals surface area contributed by atoms with E-state index in [9.17, 15) is 0 Å². The van der Waals surface area contributed by atoms with Gasteiger partial charge in [0.05, 0.1) is 16.4 Å². The van der Waals surface area contributed by atoms with Crippen LogP contribution in [-0.2, 0) is 0 Å². The molecule has 0 spiro atoms. The zero-order valence-electron chi connectivity index (χ0n) is 10.1. The molecule has 6 heteroatoms. The van der Waals surface area contributed by atoms with Crippen molar-refractivity contribution in [2.24, 2.45) is 11.7 Å². The first-order valence-corrected chi connectivity index (χ1v) is 5.51. The van der Waals surface area contributed by atoms with Gasteiger partial charge < -0.3 is 10.6 Å². The summed E-state index contributed by atoms with van der Waals surface area (Å²) in [6.07, 6.45) is 0. The lowest BCUT2D eigenvalue weighted by molar-refractivity contribution is 0.711. The molecule has 0 fully saturated rings. The van der Waals surface area contributed by atoms with Crippen LogP contribution in [0.3, 0.4) is 0 Å². The summed E-state index contributed by atoms with van der Waals surface area (Å²) in [5.74, 6) is 0.733. The van der Waals surface area contributed by atoms with Crippen molar-refractivity contribution in [1.29, 1.82) is 0 Å². The summed E-state index contributed by atoms with van der Waals surface area (Å²) in [4.78, 5) is 6.76. The quantitative estimate of drug-likeness (QED) is 0.786. The number of thiocarbonyl (C=S) groups is 1. The van der Waals surface area contributed by atoms with E-state index in [1.807, 2.05) is 32.7 Å². The molecule has 2 N–H and O–H groups in total. The lowest BCUT2D eigenvalue weighted by atomic mass is 10.2. The van der Waals surface area contributed by atoms with E-state index in [1.54, 1.807) is 0 Å². The molecule has 1 rings (SSSR count). The lowest BCUT2D eigenvalue weighted by Crippen LogP contribution is -2.32. The lowest BCUT2D eigenvalue weighted by Gasteiger charge is -2.20. The van der Waals surface area contributed by atoms with E-state index in [4.69, 9.17) is 18.0 Å². The van der Waals surface area contributed by atoms with Gasteiger partial charge in [-0.3, -0.25) is 0 Å². The van der Waals surface area contributed by atoms with Gasteiger partial charge in [-0.25, -0.2) is 4.98 Å². The second-order valence-electron chi connectivity index (χ2n) is 3.97. The maximum atomic E-state index is 5.56. The fourth-order valence-corrected chi connectivity index (χ4v) is 1.26. The van der Waals surface area contributed by atoms with Crippen molar-refractivity contribution in [2.45, 2.75) is 20.8 Å². The minimum Gasteiger partial charge on any atom is -0.393 e. The molecule has 0 aromatic carbocycles. The average molecular weight is 239 g/mol. The normalized spacial score (nSPS) is 12.2. The van der Waals surface area contributed by atoms with Crippen LogP contribution in [0, 0.1) is 19.8 Å². The molecule has 0 saturated heterocycles. The molecular weight excluding hydrogens is 222 g/mol. The summed E-state index contributed by atoms with van der Waals surface area (Å²) in [5.41, 5.74) is 7.30. The Bertz CT molecular complexity index is 393. The van der Waals surface area contributed by atoms with Gasteiger partial charge in [-0.05, 0) is 13.8 Å². The monoisotopic (exact) mass is 239 g/mol. The van der Waals surface area contributed by atoms with Gasteiger partial charge in [0.15, 0.2) is 0 Å². The van der Waals surface area contributed by atoms with Crippen LogP contribution in [0.5, 0.6) is 0 Å². The van der Waals surface area contributed by atoms with Crippen LogP contribution in [0.15, 0.2) is 0 Å². The number of nitrogens with two attached hydrogens (primary N) is 1. The zero-order chi connectivity index (χ0) is 12.3. The first-order valence-electron chi connectivity index (χ1n) is 5.10. The van der Waals surface area contributed by atoms with Crippen LogP contribution in [0.25, 0.3) is 0 Å². The summed E-state index contributed by atoms with van der Waals surface area (Å²) in [6.45, 7) is 6.47. The molecule has 16 heavy (non-hydrogen) atoms. The van der Waals surface area contributed by atoms with Gasteiger partial charge in [0.2, 0.25) is 5.95 Å². The van der Waals surface area contributed by atoms with E-state index in [1.165, 1.54) is 0 Å². The van der Waals surface area contributed by atoms with E-state index in [0.717, 1.165) is 11.4 Å². The van der Waals surface area contributed by atoms with Crippen LogP contribution in [-0.4, -0.2) is 33.8 Å². The number of nitrogens with zero attached hydrogens (tertiary/aromatic N) is 4. The van der Waals surface area contributed by atoms with E-state index < -0.39 is 0 Å². The van der Waals surface area contributed by atoms with Crippen molar-refractivity contribution in [3.63, 3.8) is 0 Å². The first-order chi connectivity index (χ1) is 7.41. The molecule has 0 bridgehead atoms. The van der Waals surface area contributed by atoms with E-state index in [2.05, 4.69) is 15.2 Å². The Hall–Kier alpha value is -1.30. The van der Waals surface area contributed by atoms with Crippen molar-refractivity contribution in [1.82, 2.24) is 15.2 Å². The fourth-order valence-electron chi connectivity index (χ4n) is 1.19. The first kappa shape index (κ1) is 12.8. The van der Waals surface area contributed by atoms with Crippen LogP contribution < -0.4 is 10.6 Å². The van der Waals surface area contributed by atoms with Crippen LogP contribution >= 0.6 is 12.2 Å². The molecule has 5 nitrogen and oxygen atoms in total. The van der Waals surface area contributed by atoms with Gasteiger partial charge in [-0.15, -0.1) is 5.10 Å². The van der Waals surface area contributed by atoms with Gasteiger partial charge in [-0.1, -0.05) is 19.1 Å². The Morgan fingerprint density at radius 2 is 2.00 bits per heavy atom. The third-order valence-corrected chi connectivity index (χ3v) is 2.86. The van der Waals surface area contributed by atoms with Gasteiger partial charge in [0.25, 0.3) is 0 Å². The fraction of sp³-hybridized carbons (Fsp3) is 0.600. The Kier molecular flexibility index (Phi) is 4.12. The highest BCUT2D eigenvalue weighted by atomic mass is 32.1. The second kappa shape index (κ2) is 5.16. The summed E-state index contributed by atoms with van der Waals surface area (Å²) in [7, 11) is 1.90. The molecule has 1 heterocycles. The third-order valence-electron chi connectivity index (χ3n) is 2.46. The highest BCUT2D eigenvalue weighted by molar-refractivity contribution is 7.80. The molecule has 0 aliphatic heterocycles. The van der Waals surface area contributed by atoms with Crippen molar-refractivity contribution >= 4 is 23.2 Å². The number of rotatable bonds is 4. The van der Waals surface area contributed by atoms with Crippen LogP contribution in [0.4, 0.5) is 5.95 Å². The molecule has 1 aromatic heterocycles. The molecule has 88 valence electrons. The predicted octanol–water partition coefficient (Wildman–Crippen LogP) is 0.847. The molecule has 1 atom stereocenters. The van der Waals surface area contributed by atoms with Crippen molar-refractivity contribution in [2.75, 3.05) is 18.5 Å². The number of anilines is 1. The molecule has 1 unspecified atom stereocenters. The maximum Gasteiger partial charge on any atom is 0.245 e. The average Bonchev–Trinajstić information content (AvgIpc) is 2.21. The number of aryl methyl sites for hydroxylation is 2. The minimum absolute atomic E-state index is 0.130. The molecule has 0 aliphatic carbocycles. The smallest absolute Gasteiger partial charge is 0.245 e. The minimum atomic E-state index is 0.130. The number of hydrogen-bond acceptors (Lipinski definition) is 5. The summed E-state index contributed by atoms with van der Waals surface area (Å²) in [5, 5.41) is 8.07. The highest BCUT2D eigenvalue weighted by Crippen LogP contribution is 2.08. The van der Waals surface area contributed by atoms with Crippen LogP contribution in [0.2, 0.25) is 0 Å². The van der Waals surface area contributed by atoms with E-state index >= 15 is 0 Å².